The lowest BCUT2D eigenvalue weighted by Gasteiger charge is -2.35. The molecular weight excluding hydrogens is 388 g/mol. The highest BCUT2D eigenvalue weighted by Gasteiger charge is 2.42. The van der Waals surface area contributed by atoms with E-state index in [0.717, 1.165) is 76.9 Å². The van der Waals surface area contributed by atoms with Crippen LogP contribution in [0.25, 0.3) is 5.57 Å². The Morgan fingerprint density at radius 2 is 1.72 bits per heavy atom. The molecule has 0 bridgehead atoms. The molecule has 4 heterocycles. The number of rotatable bonds is 7. The average Bonchev–Trinajstić information content (AvgIpc) is 3.36. The van der Waals surface area contributed by atoms with Gasteiger partial charge in [0.05, 0.1) is 18.8 Å². The van der Waals surface area contributed by atoms with Crippen LogP contribution in [0.1, 0.15) is 18.2 Å². The molecule has 0 N–H and O–H groups in total. The van der Waals surface area contributed by atoms with Crippen LogP contribution < -0.4 is 0 Å². The van der Waals surface area contributed by atoms with Gasteiger partial charge in [0, 0.05) is 57.2 Å². The highest BCUT2D eigenvalue weighted by Crippen LogP contribution is 2.34. The number of hydrogen-bond donors (Lipinski definition) is 0. The largest absolute Gasteiger partial charge is 0.379 e. The van der Waals surface area contributed by atoms with E-state index >= 15 is 0 Å². The van der Waals surface area contributed by atoms with E-state index < -0.39 is 0 Å². The van der Waals surface area contributed by atoms with E-state index in [0.29, 0.717) is 17.8 Å². The topological polar surface area (TPSA) is 56.3 Å². The minimum Gasteiger partial charge on any atom is -0.379 e. The van der Waals surface area contributed by atoms with Gasteiger partial charge in [0.15, 0.2) is 0 Å². The first-order chi connectivity index (χ1) is 14.2. The summed E-state index contributed by atoms with van der Waals surface area (Å²) in [4.78, 5) is 35.8. The van der Waals surface area contributed by atoms with Crippen molar-refractivity contribution in [2.45, 2.75) is 13.3 Å². The van der Waals surface area contributed by atoms with Gasteiger partial charge in [0.25, 0.3) is 11.8 Å². The number of amides is 2. The smallest absolute Gasteiger partial charge is 0.277 e. The summed E-state index contributed by atoms with van der Waals surface area (Å²) >= 11 is 1.53. The molecule has 0 aromatic carbocycles. The molecule has 1 aromatic heterocycles. The van der Waals surface area contributed by atoms with Crippen LogP contribution in [0.2, 0.25) is 0 Å². The maximum atomic E-state index is 13.3. The van der Waals surface area contributed by atoms with Crippen molar-refractivity contribution >= 4 is 28.7 Å². The minimum atomic E-state index is -0.132. The van der Waals surface area contributed by atoms with Crippen molar-refractivity contribution in [1.82, 2.24) is 19.6 Å². The molecule has 4 rings (SSSR count). The molecule has 0 radical (unpaired) electrons. The van der Waals surface area contributed by atoms with Gasteiger partial charge in [0.2, 0.25) is 0 Å². The number of thiophene rings is 1. The quantitative estimate of drug-likeness (QED) is 0.620. The van der Waals surface area contributed by atoms with E-state index in [4.69, 9.17) is 4.74 Å². The molecule has 0 aliphatic carbocycles. The Hall–Kier alpha value is -1.74. The van der Waals surface area contributed by atoms with Crippen LogP contribution in [0.3, 0.4) is 0 Å². The van der Waals surface area contributed by atoms with Crippen molar-refractivity contribution in [3.63, 3.8) is 0 Å². The van der Waals surface area contributed by atoms with E-state index in [1.54, 1.807) is 0 Å². The van der Waals surface area contributed by atoms with Gasteiger partial charge >= 0.3 is 0 Å². The molecular formula is C21H30N4O3S. The number of carbonyl (C=O) groups is 2. The zero-order valence-electron chi connectivity index (χ0n) is 17.1. The molecule has 158 valence electrons. The van der Waals surface area contributed by atoms with Crippen LogP contribution in [0.5, 0.6) is 0 Å². The molecule has 3 aliphatic heterocycles. The number of imide groups is 1. The number of carbonyl (C=O) groups excluding carboxylic acids is 2. The molecule has 7 nitrogen and oxygen atoms in total. The predicted molar refractivity (Wildman–Crippen MR) is 114 cm³/mol. The van der Waals surface area contributed by atoms with E-state index in [1.807, 2.05) is 17.5 Å². The fourth-order valence-electron chi connectivity index (χ4n) is 4.27. The van der Waals surface area contributed by atoms with Crippen molar-refractivity contribution in [3.05, 3.63) is 28.1 Å². The first kappa shape index (κ1) is 20.5. The van der Waals surface area contributed by atoms with Crippen molar-refractivity contribution in [2.24, 2.45) is 0 Å². The number of morpholine rings is 1. The molecule has 2 amide bonds. The maximum absolute atomic E-state index is 13.3. The van der Waals surface area contributed by atoms with Crippen molar-refractivity contribution in [2.75, 3.05) is 72.1 Å². The number of piperazine rings is 1. The van der Waals surface area contributed by atoms with Crippen molar-refractivity contribution < 1.29 is 14.3 Å². The number of hydrogen-bond acceptors (Lipinski definition) is 7. The van der Waals surface area contributed by atoms with Crippen LogP contribution in [-0.4, -0.2) is 104 Å². The monoisotopic (exact) mass is 418 g/mol. The summed E-state index contributed by atoms with van der Waals surface area (Å²) in [6.45, 7) is 11.4. The lowest BCUT2D eigenvalue weighted by Crippen LogP contribution is -2.47. The van der Waals surface area contributed by atoms with Gasteiger partial charge in [-0.15, -0.1) is 11.3 Å². The van der Waals surface area contributed by atoms with Crippen molar-refractivity contribution in [1.29, 1.82) is 0 Å². The van der Waals surface area contributed by atoms with Gasteiger partial charge in [-0.2, -0.15) is 0 Å². The Kier molecular flexibility index (Phi) is 6.64. The van der Waals surface area contributed by atoms with Crippen LogP contribution in [0.4, 0.5) is 0 Å². The van der Waals surface area contributed by atoms with Gasteiger partial charge in [0.1, 0.15) is 5.70 Å². The molecule has 8 heteroatoms. The first-order valence-corrected chi connectivity index (χ1v) is 11.5. The zero-order chi connectivity index (χ0) is 20.2. The average molecular weight is 419 g/mol. The molecule has 3 aliphatic rings. The van der Waals surface area contributed by atoms with Crippen LogP contribution in [0.15, 0.2) is 23.2 Å². The SMILES string of the molecule is CCN1CCN(C2=C(c3cccs3)C(=O)N(CCCN3CCOCC3)C2=O)CC1. The Balaban J connectivity index is 1.48. The molecule has 2 fully saturated rings. The van der Waals surface area contributed by atoms with E-state index in [9.17, 15) is 9.59 Å². The molecule has 0 unspecified atom stereocenters. The maximum Gasteiger partial charge on any atom is 0.277 e. The minimum absolute atomic E-state index is 0.120. The summed E-state index contributed by atoms with van der Waals surface area (Å²) < 4.78 is 5.39. The molecule has 29 heavy (non-hydrogen) atoms. The third kappa shape index (κ3) is 4.40. The van der Waals surface area contributed by atoms with Crippen LogP contribution in [0, 0.1) is 0 Å². The lowest BCUT2D eigenvalue weighted by molar-refractivity contribution is -0.137. The van der Waals surface area contributed by atoms with E-state index in [1.165, 1.54) is 16.2 Å². The van der Waals surface area contributed by atoms with Gasteiger partial charge in [-0.3, -0.25) is 19.4 Å². The van der Waals surface area contributed by atoms with Crippen molar-refractivity contribution in [3.8, 4) is 0 Å². The number of nitrogens with zero attached hydrogens (tertiary/aromatic N) is 4. The second-order valence-electron chi connectivity index (χ2n) is 7.69. The first-order valence-electron chi connectivity index (χ1n) is 10.6. The summed E-state index contributed by atoms with van der Waals surface area (Å²) in [5, 5.41) is 1.97. The van der Waals surface area contributed by atoms with E-state index in [2.05, 4.69) is 21.6 Å². The fourth-order valence-corrected chi connectivity index (χ4v) is 5.03. The highest BCUT2D eigenvalue weighted by molar-refractivity contribution is 7.11. The molecule has 2 saturated heterocycles. The highest BCUT2D eigenvalue weighted by atomic mass is 32.1. The number of ether oxygens (including phenoxy) is 1. The normalized spacial score (nSPS) is 22.2. The summed E-state index contributed by atoms with van der Waals surface area (Å²) in [7, 11) is 0. The Labute approximate surface area is 176 Å². The van der Waals surface area contributed by atoms with Gasteiger partial charge in [-0.25, -0.2) is 0 Å². The summed E-state index contributed by atoms with van der Waals surface area (Å²) in [5.74, 6) is -0.252. The van der Waals surface area contributed by atoms with Gasteiger partial charge < -0.3 is 14.5 Å². The molecule has 0 saturated carbocycles. The summed E-state index contributed by atoms with van der Waals surface area (Å²) in [5.41, 5.74) is 1.21. The second kappa shape index (κ2) is 9.38. The Bertz CT molecular complexity index is 750. The molecule has 1 aromatic rings. The third-order valence-corrected chi connectivity index (χ3v) is 6.89. The summed E-state index contributed by atoms with van der Waals surface area (Å²) in [6.07, 6.45) is 0.798. The fraction of sp³-hybridized carbons (Fsp3) is 0.619. The molecule has 0 spiro atoms. The third-order valence-electron chi connectivity index (χ3n) is 6.01. The Morgan fingerprint density at radius 1 is 0.966 bits per heavy atom. The predicted octanol–water partition coefficient (Wildman–Crippen LogP) is 1.19. The van der Waals surface area contributed by atoms with Crippen LogP contribution >= 0.6 is 11.3 Å². The lowest BCUT2D eigenvalue weighted by atomic mass is 10.1. The Morgan fingerprint density at radius 3 is 2.38 bits per heavy atom. The van der Waals surface area contributed by atoms with E-state index in [-0.39, 0.29) is 11.8 Å². The number of likely N-dealkylation sites (N-methyl/N-ethyl adjacent to an activating group) is 1. The molecule has 0 atom stereocenters. The zero-order valence-corrected chi connectivity index (χ0v) is 18.0. The summed E-state index contributed by atoms with van der Waals surface area (Å²) in [6, 6.07) is 3.89. The van der Waals surface area contributed by atoms with Crippen LogP contribution in [-0.2, 0) is 14.3 Å². The van der Waals surface area contributed by atoms with Gasteiger partial charge in [-0.05, 0) is 24.4 Å². The van der Waals surface area contributed by atoms with Gasteiger partial charge in [-0.1, -0.05) is 13.0 Å². The second-order valence-corrected chi connectivity index (χ2v) is 8.64. The standard InChI is InChI=1S/C21H30N4O3S/c1-2-22-8-10-24(11-9-22)19-18(17-5-3-16-29-17)20(26)25(21(19)27)7-4-6-23-12-14-28-15-13-23/h3,5,16H,2,4,6-15H2,1H3.